The van der Waals surface area contributed by atoms with Crippen LogP contribution in [0.5, 0.6) is 17.2 Å². The minimum atomic E-state index is -0.319. The molecule has 0 aliphatic heterocycles. The van der Waals surface area contributed by atoms with E-state index in [0.717, 1.165) is 0 Å². The second-order valence-corrected chi connectivity index (χ2v) is 4.08. The lowest BCUT2D eigenvalue weighted by atomic mass is 10.1. The molecule has 6 nitrogen and oxygen atoms in total. The van der Waals surface area contributed by atoms with Gasteiger partial charge in [-0.15, -0.1) is 0 Å². The second-order valence-electron chi connectivity index (χ2n) is 4.08. The van der Waals surface area contributed by atoms with E-state index in [1.54, 1.807) is 36.7 Å². The number of aromatic nitrogens is 1. The van der Waals surface area contributed by atoms with Gasteiger partial charge in [0.2, 0.25) is 5.75 Å². The van der Waals surface area contributed by atoms with Crippen LogP contribution < -0.4 is 19.5 Å². The summed E-state index contributed by atoms with van der Waals surface area (Å²) >= 11 is 0. The van der Waals surface area contributed by atoms with Gasteiger partial charge >= 0.3 is 0 Å². The van der Waals surface area contributed by atoms with Gasteiger partial charge in [-0.1, -0.05) is 0 Å². The monoisotopic (exact) mass is 288 g/mol. The summed E-state index contributed by atoms with van der Waals surface area (Å²) in [6.45, 7) is 0. The van der Waals surface area contributed by atoms with E-state index in [0.29, 0.717) is 28.5 Å². The molecule has 110 valence electrons. The van der Waals surface area contributed by atoms with E-state index in [4.69, 9.17) is 14.2 Å². The van der Waals surface area contributed by atoms with Crippen LogP contribution in [0.25, 0.3) is 0 Å². The molecule has 0 spiro atoms. The predicted molar refractivity (Wildman–Crippen MR) is 78.3 cm³/mol. The van der Waals surface area contributed by atoms with Gasteiger partial charge in [0, 0.05) is 6.20 Å². The molecule has 0 aliphatic rings. The van der Waals surface area contributed by atoms with Crippen LogP contribution in [0.15, 0.2) is 36.7 Å². The Hall–Kier alpha value is -2.76. The Balaban J connectivity index is 2.37. The van der Waals surface area contributed by atoms with E-state index < -0.39 is 0 Å². The maximum atomic E-state index is 12.3. The molecule has 1 amide bonds. The molecule has 1 heterocycles. The number of nitrogens with zero attached hydrogens (tertiary/aromatic N) is 1. The van der Waals surface area contributed by atoms with E-state index in [1.807, 2.05) is 0 Å². The molecule has 0 aliphatic carbocycles. The molecule has 0 fully saturated rings. The van der Waals surface area contributed by atoms with E-state index in [-0.39, 0.29) is 5.91 Å². The second kappa shape index (κ2) is 6.60. The van der Waals surface area contributed by atoms with Crippen molar-refractivity contribution in [2.75, 3.05) is 26.6 Å². The van der Waals surface area contributed by atoms with Gasteiger partial charge in [-0.2, -0.15) is 0 Å². The Morgan fingerprint density at radius 2 is 1.81 bits per heavy atom. The number of benzene rings is 1. The van der Waals surface area contributed by atoms with Gasteiger partial charge in [0.25, 0.3) is 5.91 Å². The van der Waals surface area contributed by atoms with Crippen LogP contribution in [0.2, 0.25) is 0 Å². The van der Waals surface area contributed by atoms with Gasteiger partial charge in [0.15, 0.2) is 11.5 Å². The highest BCUT2D eigenvalue weighted by Gasteiger charge is 2.20. The van der Waals surface area contributed by atoms with Gasteiger partial charge in [0.1, 0.15) is 0 Å². The highest BCUT2D eigenvalue weighted by Crippen LogP contribution is 2.39. The molecule has 0 saturated heterocycles. The number of carbonyl (C=O) groups excluding carboxylic acids is 1. The van der Waals surface area contributed by atoms with Gasteiger partial charge in [-0.05, 0) is 24.3 Å². The third-order valence-electron chi connectivity index (χ3n) is 2.87. The average molecular weight is 288 g/mol. The summed E-state index contributed by atoms with van der Waals surface area (Å²) in [5, 5.41) is 2.74. The topological polar surface area (TPSA) is 69.7 Å². The first-order chi connectivity index (χ1) is 10.2. The lowest BCUT2D eigenvalue weighted by Crippen LogP contribution is -2.14. The molecule has 2 aromatic rings. The molecule has 6 heteroatoms. The van der Waals surface area contributed by atoms with Crippen LogP contribution in [0.4, 0.5) is 5.69 Å². The van der Waals surface area contributed by atoms with Gasteiger partial charge in [-0.3, -0.25) is 9.78 Å². The molecule has 1 aromatic heterocycles. The van der Waals surface area contributed by atoms with Crippen molar-refractivity contribution in [2.24, 2.45) is 0 Å². The molecular weight excluding hydrogens is 272 g/mol. The zero-order chi connectivity index (χ0) is 15.2. The quantitative estimate of drug-likeness (QED) is 0.914. The van der Waals surface area contributed by atoms with Crippen molar-refractivity contribution in [3.05, 3.63) is 42.2 Å². The van der Waals surface area contributed by atoms with Crippen molar-refractivity contribution in [2.45, 2.75) is 0 Å². The number of nitrogens with one attached hydrogen (secondary N) is 1. The fourth-order valence-electron chi connectivity index (χ4n) is 1.92. The van der Waals surface area contributed by atoms with Crippen molar-refractivity contribution in [1.82, 2.24) is 4.98 Å². The van der Waals surface area contributed by atoms with Crippen LogP contribution >= 0.6 is 0 Å². The van der Waals surface area contributed by atoms with E-state index in [1.165, 1.54) is 21.3 Å². The Morgan fingerprint density at radius 3 is 2.38 bits per heavy atom. The van der Waals surface area contributed by atoms with Crippen molar-refractivity contribution in [1.29, 1.82) is 0 Å². The number of carbonyl (C=O) groups is 1. The largest absolute Gasteiger partial charge is 0.493 e. The Morgan fingerprint density at radius 1 is 1.05 bits per heavy atom. The third kappa shape index (κ3) is 3.05. The first-order valence-corrected chi connectivity index (χ1v) is 6.21. The maximum Gasteiger partial charge on any atom is 0.259 e. The summed E-state index contributed by atoms with van der Waals surface area (Å²) in [5.74, 6) is 0.866. The highest BCUT2D eigenvalue weighted by atomic mass is 16.5. The highest BCUT2D eigenvalue weighted by molar-refractivity contribution is 6.07. The van der Waals surface area contributed by atoms with Crippen molar-refractivity contribution in [3.8, 4) is 17.2 Å². The minimum Gasteiger partial charge on any atom is -0.493 e. The predicted octanol–water partition coefficient (Wildman–Crippen LogP) is 2.36. The van der Waals surface area contributed by atoms with Gasteiger partial charge in [-0.25, -0.2) is 0 Å². The third-order valence-corrected chi connectivity index (χ3v) is 2.87. The molecular formula is C15H16N2O4. The van der Waals surface area contributed by atoms with Gasteiger partial charge < -0.3 is 19.5 Å². The fraction of sp³-hybridized carbons (Fsp3) is 0.200. The normalized spacial score (nSPS) is 9.86. The molecule has 2 rings (SSSR count). The first kappa shape index (κ1) is 14.6. The van der Waals surface area contributed by atoms with E-state index in [9.17, 15) is 4.79 Å². The first-order valence-electron chi connectivity index (χ1n) is 6.21. The van der Waals surface area contributed by atoms with Crippen LogP contribution in [-0.4, -0.2) is 32.2 Å². The number of rotatable bonds is 5. The lowest BCUT2D eigenvalue weighted by Gasteiger charge is -2.15. The number of pyridine rings is 1. The van der Waals surface area contributed by atoms with Gasteiger partial charge in [0.05, 0.1) is 38.8 Å². The summed E-state index contributed by atoms with van der Waals surface area (Å²) in [4.78, 5) is 16.3. The lowest BCUT2D eigenvalue weighted by molar-refractivity contribution is 0.102. The van der Waals surface area contributed by atoms with Crippen LogP contribution in [0.1, 0.15) is 10.4 Å². The summed E-state index contributed by atoms with van der Waals surface area (Å²) in [5.41, 5.74) is 0.943. The zero-order valence-corrected chi connectivity index (χ0v) is 12.0. The Kier molecular flexibility index (Phi) is 4.61. The van der Waals surface area contributed by atoms with Crippen molar-refractivity contribution < 1.29 is 19.0 Å². The summed E-state index contributed by atoms with van der Waals surface area (Å²) in [7, 11) is 4.48. The Labute approximate surface area is 122 Å². The molecule has 0 radical (unpaired) electrons. The summed E-state index contributed by atoms with van der Waals surface area (Å²) in [6, 6.07) is 6.75. The van der Waals surface area contributed by atoms with E-state index in [2.05, 4.69) is 10.3 Å². The molecule has 1 N–H and O–H groups in total. The van der Waals surface area contributed by atoms with Crippen molar-refractivity contribution >= 4 is 11.6 Å². The summed E-state index contributed by atoms with van der Waals surface area (Å²) in [6.07, 6.45) is 3.19. The maximum absolute atomic E-state index is 12.3. The van der Waals surface area contributed by atoms with Crippen LogP contribution in [0, 0.1) is 0 Å². The van der Waals surface area contributed by atoms with Crippen LogP contribution in [-0.2, 0) is 0 Å². The number of methoxy groups -OCH3 is 3. The molecule has 1 aromatic carbocycles. The van der Waals surface area contributed by atoms with Crippen molar-refractivity contribution in [3.63, 3.8) is 0 Å². The Bertz CT molecular complexity index is 629. The molecule has 0 atom stereocenters. The number of anilines is 1. The smallest absolute Gasteiger partial charge is 0.259 e. The SMILES string of the molecule is COc1ccc(C(=O)Nc2cccnc2)c(OC)c1OC. The van der Waals surface area contributed by atoms with E-state index >= 15 is 0 Å². The number of amides is 1. The molecule has 0 saturated carbocycles. The minimum absolute atomic E-state index is 0.318. The number of hydrogen-bond donors (Lipinski definition) is 1. The average Bonchev–Trinajstić information content (AvgIpc) is 2.53. The zero-order valence-electron chi connectivity index (χ0n) is 12.0. The summed E-state index contributed by atoms with van der Waals surface area (Å²) < 4.78 is 15.7. The molecule has 0 unspecified atom stereocenters. The standard InChI is InChI=1S/C15H16N2O4/c1-19-12-7-6-11(13(20-2)14(12)21-3)15(18)17-10-5-4-8-16-9-10/h4-9H,1-3H3,(H,17,18). The molecule has 0 bridgehead atoms. The number of ether oxygens (including phenoxy) is 3. The van der Waals surface area contributed by atoms with Crippen LogP contribution in [0.3, 0.4) is 0 Å². The molecule has 21 heavy (non-hydrogen) atoms. The number of hydrogen-bond acceptors (Lipinski definition) is 5. The fourth-order valence-corrected chi connectivity index (χ4v) is 1.92.